The van der Waals surface area contributed by atoms with Gasteiger partial charge in [0.15, 0.2) is 0 Å². The number of epoxide rings is 1. The highest BCUT2D eigenvalue weighted by molar-refractivity contribution is 5.75. The molecule has 76 valence electrons. The Bertz CT molecular complexity index is 166. The lowest BCUT2D eigenvalue weighted by Gasteiger charge is -2.20. The molecular formula is C10H19NO2. The zero-order valence-electron chi connectivity index (χ0n) is 8.58. The maximum Gasteiger partial charge on any atom is 0.222 e. The second-order valence-electron chi connectivity index (χ2n) is 3.50. The molecule has 1 heterocycles. The molecular weight excluding hydrogens is 166 g/mol. The highest BCUT2D eigenvalue weighted by Crippen LogP contribution is 2.12. The van der Waals surface area contributed by atoms with Gasteiger partial charge in [-0.2, -0.15) is 0 Å². The average molecular weight is 185 g/mol. The summed E-state index contributed by atoms with van der Waals surface area (Å²) in [5, 5.41) is 0. The molecule has 0 radical (unpaired) electrons. The molecule has 1 rings (SSSR count). The van der Waals surface area contributed by atoms with Crippen LogP contribution >= 0.6 is 0 Å². The van der Waals surface area contributed by atoms with E-state index in [4.69, 9.17) is 4.74 Å². The Hall–Kier alpha value is -0.570. The fourth-order valence-corrected chi connectivity index (χ4v) is 1.31. The van der Waals surface area contributed by atoms with Crippen LogP contribution in [0.3, 0.4) is 0 Å². The maximum absolute atomic E-state index is 11.5. The Kier molecular flexibility index (Phi) is 4.22. The summed E-state index contributed by atoms with van der Waals surface area (Å²) in [7, 11) is 0. The van der Waals surface area contributed by atoms with E-state index < -0.39 is 0 Å². The lowest BCUT2D eigenvalue weighted by atomic mass is 10.2. The number of unbranched alkanes of at least 4 members (excludes halogenated alkanes) is 1. The average Bonchev–Trinajstić information content (AvgIpc) is 2.94. The van der Waals surface area contributed by atoms with Crippen molar-refractivity contribution in [2.24, 2.45) is 0 Å². The fraction of sp³-hybridized carbons (Fsp3) is 0.900. The molecule has 1 unspecified atom stereocenters. The van der Waals surface area contributed by atoms with E-state index in [1.54, 1.807) is 0 Å². The van der Waals surface area contributed by atoms with Gasteiger partial charge in [-0.1, -0.05) is 20.3 Å². The molecule has 0 aromatic carbocycles. The van der Waals surface area contributed by atoms with E-state index in [9.17, 15) is 4.79 Å². The van der Waals surface area contributed by atoms with Gasteiger partial charge in [0.25, 0.3) is 0 Å². The molecule has 3 nitrogen and oxygen atoms in total. The van der Waals surface area contributed by atoms with Crippen molar-refractivity contribution in [2.75, 3.05) is 19.7 Å². The first kappa shape index (κ1) is 10.5. The summed E-state index contributed by atoms with van der Waals surface area (Å²) in [5.74, 6) is 0.254. The zero-order chi connectivity index (χ0) is 9.68. The molecule has 0 aromatic rings. The summed E-state index contributed by atoms with van der Waals surface area (Å²) in [6.45, 7) is 6.58. The molecule has 0 spiro atoms. The maximum atomic E-state index is 11.5. The van der Waals surface area contributed by atoms with Gasteiger partial charge in [-0.25, -0.2) is 0 Å². The van der Waals surface area contributed by atoms with Crippen molar-refractivity contribution in [1.29, 1.82) is 0 Å². The standard InChI is InChI=1S/C10H19NO2/c1-3-5-6-11(10(12)4-2)7-9-8-13-9/h9H,3-8H2,1-2H3. The molecule has 1 saturated heterocycles. The van der Waals surface area contributed by atoms with Gasteiger partial charge in [-0.05, 0) is 6.42 Å². The summed E-state index contributed by atoms with van der Waals surface area (Å²) in [6, 6.07) is 0. The highest BCUT2D eigenvalue weighted by atomic mass is 16.6. The third-order valence-electron chi connectivity index (χ3n) is 2.26. The first-order chi connectivity index (χ1) is 6.27. The smallest absolute Gasteiger partial charge is 0.222 e. The quantitative estimate of drug-likeness (QED) is 0.586. The van der Waals surface area contributed by atoms with Crippen molar-refractivity contribution < 1.29 is 9.53 Å². The van der Waals surface area contributed by atoms with E-state index in [0.717, 1.165) is 32.5 Å². The summed E-state index contributed by atoms with van der Waals surface area (Å²) in [5.41, 5.74) is 0. The molecule has 0 bridgehead atoms. The van der Waals surface area contributed by atoms with Crippen molar-refractivity contribution in [3.8, 4) is 0 Å². The van der Waals surface area contributed by atoms with Crippen molar-refractivity contribution in [2.45, 2.75) is 39.2 Å². The number of carbonyl (C=O) groups excluding carboxylic acids is 1. The van der Waals surface area contributed by atoms with Crippen molar-refractivity contribution in [3.63, 3.8) is 0 Å². The monoisotopic (exact) mass is 185 g/mol. The van der Waals surface area contributed by atoms with E-state index in [0.29, 0.717) is 12.5 Å². The summed E-state index contributed by atoms with van der Waals surface area (Å²) in [6.07, 6.45) is 3.17. The number of carbonyl (C=O) groups is 1. The highest BCUT2D eigenvalue weighted by Gasteiger charge is 2.26. The molecule has 1 fully saturated rings. The largest absolute Gasteiger partial charge is 0.371 e. The van der Waals surface area contributed by atoms with Crippen LogP contribution in [0.25, 0.3) is 0 Å². The Labute approximate surface area is 80.1 Å². The van der Waals surface area contributed by atoms with Crippen LogP contribution in [0.1, 0.15) is 33.1 Å². The van der Waals surface area contributed by atoms with Gasteiger partial charge in [0.1, 0.15) is 0 Å². The number of ether oxygens (including phenoxy) is 1. The molecule has 1 aliphatic rings. The molecule has 1 aliphatic heterocycles. The van der Waals surface area contributed by atoms with Gasteiger partial charge in [-0.3, -0.25) is 4.79 Å². The summed E-state index contributed by atoms with van der Waals surface area (Å²) >= 11 is 0. The van der Waals surface area contributed by atoms with Crippen LogP contribution in [-0.2, 0) is 9.53 Å². The Balaban J connectivity index is 2.27. The minimum absolute atomic E-state index is 0.254. The van der Waals surface area contributed by atoms with Gasteiger partial charge in [0.05, 0.1) is 12.7 Å². The Morgan fingerprint density at radius 1 is 1.54 bits per heavy atom. The number of rotatable bonds is 6. The van der Waals surface area contributed by atoms with Crippen LogP contribution in [0.15, 0.2) is 0 Å². The first-order valence-electron chi connectivity index (χ1n) is 5.17. The SMILES string of the molecule is CCCCN(CC1CO1)C(=O)CC. The Morgan fingerprint density at radius 2 is 2.23 bits per heavy atom. The topological polar surface area (TPSA) is 32.8 Å². The van der Waals surface area contributed by atoms with E-state index in [1.165, 1.54) is 0 Å². The summed E-state index contributed by atoms with van der Waals surface area (Å²) < 4.78 is 5.12. The minimum Gasteiger partial charge on any atom is -0.371 e. The predicted octanol–water partition coefficient (Wildman–Crippen LogP) is 1.42. The van der Waals surface area contributed by atoms with Crippen molar-refractivity contribution in [3.05, 3.63) is 0 Å². The molecule has 0 saturated carbocycles. The second-order valence-corrected chi connectivity index (χ2v) is 3.50. The zero-order valence-corrected chi connectivity index (χ0v) is 8.58. The lowest BCUT2D eigenvalue weighted by Crippen LogP contribution is -2.34. The van der Waals surface area contributed by atoms with Crippen molar-refractivity contribution >= 4 is 5.91 Å². The predicted molar refractivity (Wildman–Crippen MR) is 51.5 cm³/mol. The number of amides is 1. The molecule has 0 aliphatic carbocycles. The third-order valence-corrected chi connectivity index (χ3v) is 2.26. The van der Waals surface area contributed by atoms with Crippen LogP contribution < -0.4 is 0 Å². The molecule has 1 atom stereocenters. The molecule has 0 N–H and O–H groups in total. The van der Waals surface area contributed by atoms with Gasteiger partial charge < -0.3 is 9.64 Å². The first-order valence-corrected chi connectivity index (χ1v) is 5.17. The van der Waals surface area contributed by atoms with E-state index in [-0.39, 0.29) is 5.91 Å². The molecule has 1 amide bonds. The van der Waals surface area contributed by atoms with E-state index in [1.807, 2.05) is 11.8 Å². The van der Waals surface area contributed by atoms with Crippen LogP contribution in [0.5, 0.6) is 0 Å². The molecule has 13 heavy (non-hydrogen) atoms. The number of hydrogen-bond acceptors (Lipinski definition) is 2. The van der Waals surface area contributed by atoms with Gasteiger partial charge in [0, 0.05) is 19.5 Å². The van der Waals surface area contributed by atoms with Gasteiger partial charge in [-0.15, -0.1) is 0 Å². The van der Waals surface area contributed by atoms with E-state index in [2.05, 4.69) is 6.92 Å². The van der Waals surface area contributed by atoms with E-state index >= 15 is 0 Å². The number of nitrogens with zero attached hydrogens (tertiary/aromatic N) is 1. The molecule has 0 aromatic heterocycles. The van der Waals surface area contributed by atoms with Crippen LogP contribution in [-0.4, -0.2) is 36.6 Å². The Morgan fingerprint density at radius 3 is 2.69 bits per heavy atom. The summed E-state index contributed by atoms with van der Waals surface area (Å²) in [4.78, 5) is 13.4. The fourth-order valence-electron chi connectivity index (χ4n) is 1.31. The minimum atomic E-state index is 0.254. The third kappa shape index (κ3) is 3.77. The number of hydrogen-bond donors (Lipinski definition) is 0. The second kappa shape index (κ2) is 5.22. The van der Waals surface area contributed by atoms with Crippen LogP contribution in [0.2, 0.25) is 0 Å². The normalized spacial score (nSPS) is 20.0. The van der Waals surface area contributed by atoms with Crippen LogP contribution in [0, 0.1) is 0 Å². The van der Waals surface area contributed by atoms with Crippen LogP contribution in [0.4, 0.5) is 0 Å². The molecule has 3 heteroatoms. The lowest BCUT2D eigenvalue weighted by molar-refractivity contribution is -0.131. The van der Waals surface area contributed by atoms with Crippen molar-refractivity contribution in [1.82, 2.24) is 4.90 Å². The van der Waals surface area contributed by atoms with Gasteiger partial charge >= 0.3 is 0 Å². The van der Waals surface area contributed by atoms with Gasteiger partial charge in [0.2, 0.25) is 5.91 Å².